The number of hydrogen-bond acceptors (Lipinski definition) is 2. The SMILES string of the molecule is CCCC(O)C(O)C(C)(C)CC. The summed E-state index contributed by atoms with van der Waals surface area (Å²) in [6, 6.07) is 0. The van der Waals surface area contributed by atoms with E-state index in [2.05, 4.69) is 0 Å². The average Bonchev–Trinajstić information content (AvgIpc) is 2.03. The lowest BCUT2D eigenvalue weighted by atomic mass is 9.80. The van der Waals surface area contributed by atoms with Crippen LogP contribution in [0.2, 0.25) is 0 Å². The van der Waals surface area contributed by atoms with Crippen molar-refractivity contribution in [3.8, 4) is 0 Å². The lowest BCUT2D eigenvalue weighted by Crippen LogP contribution is -2.39. The maximum Gasteiger partial charge on any atom is 0.0849 e. The lowest BCUT2D eigenvalue weighted by Gasteiger charge is -2.32. The van der Waals surface area contributed by atoms with Gasteiger partial charge in [0.25, 0.3) is 0 Å². The molecule has 0 aliphatic rings. The third-order valence-electron chi connectivity index (χ3n) is 2.66. The second kappa shape index (κ2) is 4.83. The van der Waals surface area contributed by atoms with E-state index < -0.39 is 12.2 Å². The summed E-state index contributed by atoms with van der Waals surface area (Å²) in [5.41, 5.74) is -0.172. The topological polar surface area (TPSA) is 40.5 Å². The van der Waals surface area contributed by atoms with E-state index in [0.29, 0.717) is 6.42 Å². The Hall–Kier alpha value is -0.0800. The Morgan fingerprint density at radius 3 is 2.00 bits per heavy atom. The molecule has 2 N–H and O–H groups in total. The standard InChI is InChI=1S/C10H22O2/c1-5-7-8(11)9(12)10(3,4)6-2/h8-9,11-12H,5-7H2,1-4H3. The van der Waals surface area contributed by atoms with E-state index >= 15 is 0 Å². The normalized spacial score (nSPS) is 17.5. The summed E-state index contributed by atoms with van der Waals surface area (Å²) in [5.74, 6) is 0. The van der Waals surface area contributed by atoms with Crippen LogP contribution in [-0.4, -0.2) is 22.4 Å². The van der Waals surface area contributed by atoms with Crippen LogP contribution in [0.1, 0.15) is 47.0 Å². The first-order chi connectivity index (χ1) is 5.45. The van der Waals surface area contributed by atoms with E-state index in [4.69, 9.17) is 0 Å². The van der Waals surface area contributed by atoms with Crippen molar-refractivity contribution in [1.82, 2.24) is 0 Å². The van der Waals surface area contributed by atoms with E-state index in [-0.39, 0.29) is 5.41 Å². The smallest absolute Gasteiger partial charge is 0.0849 e. The zero-order valence-corrected chi connectivity index (χ0v) is 8.67. The van der Waals surface area contributed by atoms with Crippen LogP contribution >= 0.6 is 0 Å². The third-order valence-corrected chi connectivity index (χ3v) is 2.66. The van der Waals surface area contributed by atoms with Crippen LogP contribution in [0.5, 0.6) is 0 Å². The molecule has 2 atom stereocenters. The van der Waals surface area contributed by atoms with Crippen molar-refractivity contribution in [2.45, 2.75) is 59.2 Å². The first-order valence-electron chi connectivity index (χ1n) is 4.81. The Kier molecular flexibility index (Phi) is 4.80. The van der Waals surface area contributed by atoms with Crippen LogP contribution in [0.15, 0.2) is 0 Å². The molecule has 0 aromatic heterocycles. The molecule has 0 heterocycles. The Labute approximate surface area is 75.6 Å². The van der Waals surface area contributed by atoms with Crippen molar-refractivity contribution in [2.24, 2.45) is 5.41 Å². The molecule has 0 aliphatic carbocycles. The van der Waals surface area contributed by atoms with Crippen molar-refractivity contribution in [3.63, 3.8) is 0 Å². The molecule has 0 saturated carbocycles. The first kappa shape index (κ1) is 11.9. The Morgan fingerprint density at radius 2 is 1.67 bits per heavy atom. The molecule has 12 heavy (non-hydrogen) atoms. The van der Waals surface area contributed by atoms with Gasteiger partial charge in [-0.1, -0.05) is 34.1 Å². The summed E-state index contributed by atoms with van der Waals surface area (Å²) in [6.07, 6.45) is 1.32. The summed E-state index contributed by atoms with van der Waals surface area (Å²) in [4.78, 5) is 0. The molecule has 0 fully saturated rings. The van der Waals surface area contributed by atoms with Crippen molar-refractivity contribution in [1.29, 1.82) is 0 Å². The summed E-state index contributed by atoms with van der Waals surface area (Å²) < 4.78 is 0. The van der Waals surface area contributed by atoms with Crippen LogP contribution in [0.3, 0.4) is 0 Å². The molecule has 0 spiro atoms. The van der Waals surface area contributed by atoms with Crippen LogP contribution in [0.4, 0.5) is 0 Å². The van der Waals surface area contributed by atoms with Crippen molar-refractivity contribution < 1.29 is 10.2 Å². The highest BCUT2D eigenvalue weighted by Gasteiger charge is 2.30. The van der Waals surface area contributed by atoms with Gasteiger partial charge in [-0.3, -0.25) is 0 Å². The largest absolute Gasteiger partial charge is 0.390 e. The number of hydrogen-bond donors (Lipinski definition) is 2. The van der Waals surface area contributed by atoms with Gasteiger partial charge in [0.05, 0.1) is 12.2 Å². The van der Waals surface area contributed by atoms with Gasteiger partial charge in [-0.2, -0.15) is 0 Å². The zero-order valence-electron chi connectivity index (χ0n) is 8.67. The molecule has 2 nitrogen and oxygen atoms in total. The molecular formula is C10H22O2. The van der Waals surface area contributed by atoms with Crippen molar-refractivity contribution in [2.75, 3.05) is 0 Å². The minimum atomic E-state index is -0.595. The van der Waals surface area contributed by atoms with Gasteiger partial charge in [0.2, 0.25) is 0 Å². The van der Waals surface area contributed by atoms with Gasteiger partial charge >= 0.3 is 0 Å². The molecule has 2 heteroatoms. The maximum absolute atomic E-state index is 9.73. The molecule has 0 amide bonds. The number of rotatable bonds is 5. The van der Waals surface area contributed by atoms with Gasteiger partial charge in [-0.15, -0.1) is 0 Å². The molecule has 0 radical (unpaired) electrons. The molecule has 0 aromatic carbocycles. The van der Waals surface area contributed by atoms with E-state index in [1.165, 1.54) is 0 Å². The Balaban J connectivity index is 4.07. The highest BCUT2D eigenvalue weighted by molar-refractivity contribution is 4.81. The predicted molar refractivity (Wildman–Crippen MR) is 51.0 cm³/mol. The molecule has 0 rings (SSSR count). The van der Waals surface area contributed by atoms with Crippen LogP contribution in [-0.2, 0) is 0 Å². The minimum absolute atomic E-state index is 0.172. The van der Waals surface area contributed by atoms with Gasteiger partial charge in [0, 0.05) is 0 Å². The van der Waals surface area contributed by atoms with Gasteiger partial charge in [0.15, 0.2) is 0 Å². The molecule has 0 saturated heterocycles. The molecular weight excluding hydrogens is 152 g/mol. The van der Waals surface area contributed by atoms with Gasteiger partial charge in [0.1, 0.15) is 0 Å². The summed E-state index contributed by atoms with van der Waals surface area (Å²) in [6.45, 7) is 8.00. The van der Waals surface area contributed by atoms with Gasteiger partial charge in [-0.05, 0) is 18.3 Å². The quantitative estimate of drug-likeness (QED) is 0.668. The van der Waals surface area contributed by atoms with E-state index in [1.807, 2.05) is 27.7 Å². The molecule has 0 aliphatic heterocycles. The fourth-order valence-electron chi connectivity index (χ4n) is 1.18. The van der Waals surface area contributed by atoms with E-state index in [1.54, 1.807) is 0 Å². The van der Waals surface area contributed by atoms with E-state index in [0.717, 1.165) is 12.8 Å². The molecule has 0 aromatic rings. The minimum Gasteiger partial charge on any atom is -0.390 e. The van der Waals surface area contributed by atoms with Crippen molar-refractivity contribution >= 4 is 0 Å². The fourth-order valence-corrected chi connectivity index (χ4v) is 1.18. The first-order valence-corrected chi connectivity index (χ1v) is 4.81. The van der Waals surface area contributed by atoms with E-state index in [9.17, 15) is 10.2 Å². The average molecular weight is 174 g/mol. The number of aliphatic hydroxyl groups is 2. The summed E-state index contributed by atoms with van der Waals surface area (Å²) in [5, 5.41) is 19.3. The second-order valence-corrected chi connectivity index (χ2v) is 4.14. The third kappa shape index (κ3) is 3.11. The van der Waals surface area contributed by atoms with Crippen LogP contribution < -0.4 is 0 Å². The highest BCUT2D eigenvalue weighted by Crippen LogP contribution is 2.27. The predicted octanol–water partition coefficient (Wildman–Crippen LogP) is 1.94. The highest BCUT2D eigenvalue weighted by atomic mass is 16.3. The zero-order chi connectivity index (χ0) is 9.78. The van der Waals surface area contributed by atoms with Crippen molar-refractivity contribution in [3.05, 3.63) is 0 Å². The molecule has 0 bridgehead atoms. The van der Waals surface area contributed by atoms with Crippen LogP contribution in [0, 0.1) is 5.41 Å². The maximum atomic E-state index is 9.73. The van der Waals surface area contributed by atoms with Gasteiger partial charge in [-0.25, -0.2) is 0 Å². The monoisotopic (exact) mass is 174 g/mol. The summed E-state index contributed by atoms with van der Waals surface area (Å²) >= 11 is 0. The Morgan fingerprint density at radius 1 is 1.17 bits per heavy atom. The molecule has 2 unspecified atom stereocenters. The summed E-state index contributed by atoms with van der Waals surface area (Å²) in [7, 11) is 0. The second-order valence-electron chi connectivity index (χ2n) is 4.14. The van der Waals surface area contributed by atoms with Crippen LogP contribution in [0.25, 0.3) is 0 Å². The Bertz CT molecular complexity index is 121. The lowest BCUT2D eigenvalue weighted by molar-refractivity contribution is -0.0559. The molecule has 74 valence electrons. The number of aliphatic hydroxyl groups excluding tert-OH is 2. The fraction of sp³-hybridized carbons (Fsp3) is 1.00. The van der Waals surface area contributed by atoms with Gasteiger partial charge < -0.3 is 10.2 Å².